The molecule has 2 aliphatic heterocycles. The highest BCUT2D eigenvalue weighted by atomic mass is 31.2. The number of cyclic esters (lactones) is 1. The number of rotatable bonds is 10. The van der Waals surface area contributed by atoms with Gasteiger partial charge >= 0.3 is 13.9 Å². The predicted molar refractivity (Wildman–Crippen MR) is 159 cm³/mol. The molecular weight excluding hydrogens is 561 g/mol. The Labute approximate surface area is 247 Å². The Morgan fingerprint density at radius 1 is 1.02 bits per heavy atom. The molecule has 228 valence electrons. The standard InChI is InChI=1S/C30H40N3O8P/c1-20(34)31-17-24-18-33(28(35)38-24)27-15-22(13-14-25(27)21-11-9-8-10-12-21)26-16-23(39-32-26)19-37-42(36,40-29(2,3)4)41-30(5,6)7/h8-15,23-24H,16-19H2,1-7H3,(H,31,34)/t23?,24-/m0/s1. The number of carbonyl (C=O) groups excluding carboxylic acids is 2. The van der Waals surface area contributed by atoms with Gasteiger partial charge in [0.1, 0.15) is 6.10 Å². The van der Waals surface area contributed by atoms with Crippen LogP contribution in [0.4, 0.5) is 10.5 Å². The Bertz CT molecular complexity index is 1350. The molecule has 0 saturated carbocycles. The van der Waals surface area contributed by atoms with E-state index in [1.165, 1.54) is 6.92 Å². The quantitative estimate of drug-likeness (QED) is 0.326. The Morgan fingerprint density at radius 2 is 1.69 bits per heavy atom. The van der Waals surface area contributed by atoms with Crippen LogP contribution in [0.1, 0.15) is 60.5 Å². The first-order chi connectivity index (χ1) is 19.6. The summed E-state index contributed by atoms with van der Waals surface area (Å²) in [7, 11) is -3.91. The maximum Gasteiger partial charge on any atom is 0.475 e. The smallest absolute Gasteiger partial charge is 0.442 e. The fraction of sp³-hybridized carbons (Fsp3) is 0.500. The third-order valence-corrected chi connectivity index (χ3v) is 8.09. The second-order valence-electron chi connectivity index (χ2n) is 12.3. The van der Waals surface area contributed by atoms with Gasteiger partial charge in [0, 0.05) is 24.5 Å². The van der Waals surface area contributed by atoms with Crippen molar-refractivity contribution in [2.45, 2.75) is 78.3 Å². The molecule has 0 bridgehead atoms. The van der Waals surface area contributed by atoms with Gasteiger partial charge in [-0.2, -0.15) is 0 Å². The van der Waals surface area contributed by atoms with Gasteiger partial charge < -0.3 is 14.9 Å². The molecule has 0 aromatic heterocycles. The van der Waals surface area contributed by atoms with Gasteiger partial charge in [-0.05, 0) is 53.2 Å². The second-order valence-corrected chi connectivity index (χ2v) is 13.8. The zero-order valence-corrected chi connectivity index (χ0v) is 26.1. The average molecular weight is 602 g/mol. The highest BCUT2D eigenvalue weighted by molar-refractivity contribution is 7.48. The molecule has 0 radical (unpaired) electrons. The monoisotopic (exact) mass is 601 g/mol. The minimum absolute atomic E-state index is 0.0608. The molecule has 0 spiro atoms. The van der Waals surface area contributed by atoms with Crippen molar-refractivity contribution in [3.8, 4) is 11.1 Å². The molecule has 11 nitrogen and oxygen atoms in total. The van der Waals surface area contributed by atoms with Crippen LogP contribution in [0.15, 0.2) is 53.7 Å². The Balaban J connectivity index is 1.52. The van der Waals surface area contributed by atoms with Crippen molar-refractivity contribution in [3.63, 3.8) is 0 Å². The molecule has 1 unspecified atom stereocenters. The molecule has 1 saturated heterocycles. The Hall–Kier alpha value is -3.24. The van der Waals surface area contributed by atoms with E-state index in [0.717, 1.165) is 16.7 Å². The first-order valence-corrected chi connectivity index (χ1v) is 15.4. The van der Waals surface area contributed by atoms with E-state index in [1.54, 1.807) is 46.4 Å². The molecule has 2 atom stereocenters. The lowest BCUT2D eigenvalue weighted by molar-refractivity contribution is -0.119. The van der Waals surface area contributed by atoms with Crippen molar-refractivity contribution in [2.24, 2.45) is 5.16 Å². The number of hydrogen-bond acceptors (Lipinski definition) is 9. The van der Waals surface area contributed by atoms with E-state index in [9.17, 15) is 14.2 Å². The number of carbonyl (C=O) groups is 2. The number of nitrogens with zero attached hydrogens (tertiary/aromatic N) is 2. The van der Waals surface area contributed by atoms with Crippen LogP contribution >= 0.6 is 7.82 Å². The molecule has 2 aromatic rings. The normalized spacial score (nSPS) is 19.4. The molecular formula is C30H40N3O8P. The van der Waals surface area contributed by atoms with Gasteiger partial charge in [-0.15, -0.1) is 0 Å². The second kappa shape index (κ2) is 12.6. The number of phosphoric ester groups is 1. The predicted octanol–water partition coefficient (Wildman–Crippen LogP) is 6.06. The van der Waals surface area contributed by atoms with Crippen LogP contribution in [-0.2, 0) is 32.5 Å². The summed E-state index contributed by atoms with van der Waals surface area (Å²) in [5.74, 6) is -0.194. The van der Waals surface area contributed by atoms with Crippen LogP contribution in [0.3, 0.4) is 0 Å². The van der Waals surface area contributed by atoms with Crippen molar-refractivity contribution >= 4 is 31.2 Å². The molecule has 1 fully saturated rings. The molecule has 2 amide bonds. The largest absolute Gasteiger partial charge is 0.475 e. The molecule has 12 heteroatoms. The molecule has 0 aliphatic carbocycles. The number of anilines is 1. The first-order valence-electron chi connectivity index (χ1n) is 13.9. The minimum atomic E-state index is -3.91. The average Bonchev–Trinajstić information content (AvgIpc) is 3.51. The van der Waals surface area contributed by atoms with Gasteiger partial charge in [0.25, 0.3) is 0 Å². The number of phosphoric acid groups is 1. The van der Waals surface area contributed by atoms with Crippen LogP contribution in [0.2, 0.25) is 0 Å². The van der Waals surface area contributed by atoms with Gasteiger partial charge in [0.15, 0.2) is 6.10 Å². The Morgan fingerprint density at radius 3 is 2.31 bits per heavy atom. The van der Waals surface area contributed by atoms with Gasteiger partial charge in [-0.1, -0.05) is 47.6 Å². The fourth-order valence-electron chi connectivity index (χ4n) is 4.48. The van der Waals surface area contributed by atoms with E-state index >= 15 is 0 Å². The van der Waals surface area contributed by atoms with Gasteiger partial charge in [-0.3, -0.25) is 23.3 Å². The highest BCUT2D eigenvalue weighted by Crippen LogP contribution is 2.55. The SMILES string of the molecule is CC(=O)NC[C@H]1CN(c2cc(C3=NOC(COP(=O)(OC(C)(C)C)OC(C)(C)C)C3)ccc2-c2ccccc2)C(=O)O1. The van der Waals surface area contributed by atoms with E-state index in [4.69, 9.17) is 23.1 Å². The van der Waals surface area contributed by atoms with Crippen LogP contribution in [0.25, 0.3) is 11.1 Å². The molecule has 1 N–H and O–H groups in total. The third kappa shape index (κ3) is 8.64. The van der Waals surface area contributed by atoms with E-state index in [-0.39, 0.29) is 25.6 Å². The maximum atomic E-state index is 13.4. The van der Waals surface area contributed by atoms with E-state index in [2.05, 4.69) is 10.5 Å². The zero-order chi connectivity index (χ0) is 30.7. The molecule has 2 aliphatic rings. The highest BCUT2D eigenvalue weighted by Gasteiger charge is 2.39. The van der Waals surface area contributed by atoms with Crippen LogP contribution in [-0.4, -0.2) is 60.8 Å². The summed E-state index contributed by atoms with van der Waals surface area (Å²) in [6, 6.07) is 15.5. The summed E-state index contributed by atoms with van der Waals surface area (Å²) in [5.41, 5.74) is 2.32. The third-order valence-electron chi connectivity index (χ3n) is 6.08. The van der Waals surface area contributed by atoms with Crippen molar-refractivity contribution in [3.05, 3.63) is 54.1 Å². The minimum Gasteiger partial charge on any atom is -0.442 e. The number of amides is 2. The van der Waals surface area contributed by atoms with E-state index in [1.807, 2.05) is 48.5 Å². The van der Waals surface area contributed by atoms with Gasteiger partial charge in [-0.25, -0.2) is 9.36 Å². The van der Waals surface area contributed by atoms with Crippen LogP contribution in [0, 0.1) is 0 Å². The summed E-state index contributed by atoms with van der Waals surface area (Å²) in [6.45, 7) is 12.5. The summed E-state index contributed by atoms with van der Waals surface area (Å²) in [6.07, 6.45) is -1.12. The van der Waals surface area contributed by atoms with Gasteiger partial charge in [0.05, 0.1) is 42.3 Å². The number of hydrogen-bond donors (Lipinski definition) is 1. The number of ether oxygens (including phenoxy) is 1. The molecule has 42 heavy (non-hydrogen) atoms. The summed E-state index contributed by atoms with van der Waals surface area (Å²) in [4.78, 5) is 31.5. The topological polar surface area (TPSA) is 125 Å². The summed E-state index contributed by atoms with van der Waals surface area (Å²) in [5, 5.41) is 6.98. The lowest BCUT2D eigenvalue weighted by atomic mass is 9.97. The van der Waals surface area contributed by atoms with Crippen molar-refractivity contribution < 1.29 is 37.3 Å². The lowest BCUT2D eigenvalue weighted by Crippen LogP contribution is -2.33. The zero-order valence-electron chi connectivity index (χ0n) is 25.2. The summed E-state index contributed by atoms with van der Waals surface area (Å²) >= 11 is 0. The Kier molecular flexibility index (Phi) is 9.47. The number of oxime groups is 1. The molecule has 2 aromatic carbocycles. The van der Waals surface area contributed by atoms with E-state index < -0.39 is 37.3 Å². The maximum absolute atomic E-state index is 13.4. The van der Waals surface area contributed by atoms with Crippen molar-refractivity contribution in [1.29, 1.82) is 0 Å². The van der Waals surface area contributed by atoms with Crippen LogP contribution < -0.4 is 10.2 Å². The fourth-order valence-corrected chi connectivity index (χ4v) is 6.32. The first kappa shape index (κ1) is 31.7. The lowest BCUT2D eigenvalue weighted by Gasteiger charge is -2.31. The number of benzene rings is 2. The molecule has 2 heterocycles. The van der Waals surface area contributed by atoms with Crippen molar-refractivity contribution in [2.75, 3.05) is 24.6 Å². The van der Waals surface area contributed by atoms with E-state index in [0.29, 0.717) is 17.8 Å². The van der Waals surface area contributed by atoms with Crippen LogP contribution in [0.5, 0.6) is 0 Å². The number of nitrogens with one attached hydrogen (secondary N) is 1. The van der Waals surface area contributed by atoms with Gasteiger partial charge in [0.2, 0.25) is 5.91 Å². The summed E-state index contributed by atoms with van der Waals surface area (Å²) < 4.78 is 36.1. The van der Waals surface area contributed by atoms with Crippen molar-refractivity contribution in [1.82, 2.24) is 5.32 Å². The molecule has 4 rings (SSSR count).